The third-order valence-electron chi connectivity index (χ3n) is 6.33. The molecule has 0 saturated carbocycles. The van der Waals surface area contributed by atoms with E-state index < -0.39 is 0 Å². The summed E-state index contributed by atoms with van der Waals surface area (Å²) < 4.78 is 11.2. The van der Waals surface area contributed by atoms with Crippen molar-refractivity contribution in [2.24, 2.45) is 0 Å². The molecule has 1 fully saturated rings. The summed E-state index contributed by atoms with van der Waals surface area (Å²) in [5.74, 6) is 1.41. The number of amides is 1. The molecular weight excluding hydrogens is 426 g/mol. The van der Waals surface area contributed by atoms with E-state index in [1.54, 1.807) is 0 Å². The Balaban J connectivity index is 1.07. The lowest BCUT2D eigenvalue weighted by Gasteiger charge is -2.34. The molecule has 0 radical (unpaired) electrons. The molecule has 6 nitrogen and oxygen atoms in total. The summed E-state index contributed by atoms with van der Waals surface area (Å²) in [7, 11) is 0. The second-order valence-corrected chi connectivity index (χ2v) is 8.94. The minimum absolute atomic E-state index is 0.0426. The van der Waals surface area contributed by atoms with Crippen molar-refractivity contribution in [3.63, 3.8) is 0 Å². The van der Waals surface area contributed by atoms with Crippen LogP contribution in [-0.4, -0.2) is 55.1 Å². The molecule has 1 amide bonds. The molecule has 176 valence electrons. The highest BCUT2D eigenvalue weighted by atomic mass is 16.6. The van der Waals surface area contributed by atoms with E-state index >= 15 is 0 Å². The smallest absolute Gasteiger partial charge is 0.228 e. The van der Waals surface area contributed by atoms with Crippen molar-refractivity contribution in [2.45, 2.75) is 19.5 Å². The van der Waals surface area contributed by atoms with Crippen LogP contribution in [0.3, 0.4) is 0 Å². The maximum Gasteiger partial charge on any atom is 0.228 e. The van der Waals surface area contributed by atoms with E-state index in [2.05, 4.69) is 57.6 Å². The Bertz CT molecular complexity index is 1090. The van der Waals surface area contributed by atoms with Gasteiger partial charge in [0.25, 0.3) is 0 Å². The van der Waals surface area contributed by atoms with Crippen LogP contribution in [-0.2, 0) is 24.3 Å². The van der Waals surface area contributed by atoms with Gasteiger partial charge in [-0.05, 0) is 41.0 Å². The SMILES string of the molecule is O=C(Cc1ccc2c(c1)OCCO2)Nc1ccc(CN2CCN(Cc3ccccc3)CC2)cc1. The Labute approximate surface area is 201 Å². The number of piperazine rings is 1. The minimum atomic E-state index is -0.0426. The summed E-state index contributed by atoms with van der Waals surface area (Å²) in [6.07, 6.45) is 0.297. The van der Waals surface area contributed by atoms with Crippen LogP contribution in [0.25, 0.3) is 0 Å². The lowest BCUT2D eigenvalue weighted by atomic mass is 10.1. The van der Waals surface area contributed by atoms with Gasteiger partial charge in [-0.2, -0.15) is 0 Å². The van der Waals surface area contributed by atoms with Crippen LogP contribution in [0.4, 0.5) is 5.69 Å². The fraction of sp³-hybridized carbons (Fsp3) is 0.321. The number of nitrogens with zero attached hydrogens (tertiary/aromatic N) is 2. The first kappa shape index (κ1) is 22.4. The summed E-state index contributed by atoms with van der Waals surface area (Å²) in [5.41, 5.74) is 4.37. The molecular formula is C28H31N3O3. The standard InChI is InChI=1S/C28H31N3O3/c32-28(19-24-8-11-26-27(18-24)34-17-16-33-26)29-25-9-6-23(7-10-25)21-31-14-12-30(13-15-31)20-22-4-2-1-3-5-22/h1-11,18H,12-17,19-21H2,(H,29,32). The number of anilines is 1. The molecule has 2 heterocycles. The second kappa shape index (κ2) is 10.7. The molecule has 3 aromatic rings. The second-order valence-electron chi connectivity index (χ2n) is 8.94. The van der Waals surface area contributed by atoms with Gasteiger partial charge in [-0.25, -0.2) is 0 Å². The molecule has 6 heteroatoms. The van der Waals surface area contributed by atoms with Crippen LogP contribution in [0.1, 0.15) is 16.7 Å². The summed E-state index contributed by atoms with van der Waals surface area (Å²) in [6, 6.07) is 24.5. The summed E-state index contributed by atoms with van der Waals surface area (Å²) in [6.45, 7) is 7.37. The normalized spacial score (nSPS) is 16.2. The molecule has 0 unspecified atom stereocenters. The van der Waals surface area contributed by atoms with E-state index in [9.17, 15) is 4.79 Å². The van der Waals surface area contributed by atoms with Crippen molar-refractivity contribution in [3.05, 3.63) is 89.5 Å². The highest BCUT2D eigenvalue weighted by Gasteiger charge is 2.17. The largest absolute Gasteiger partial charge is 0.486 e. The van der Waals surface area contributed by atoms with E-state index in [-0.39, 0.29) is 5.91 Å². The average Bonchev–Trinajstić information content (AvgIpc) is 2.87. The van der Waals surface area contributed by atoms with Gasteiger partial charge in [-0.1, -0.05) is 48.5 Å². The Hall–Kier alpha value is -3.35. The molecule has 2 aliphatic rings. The van der Waals surface area contributed by atoms with Gasteiger partial charge < -0.3 is 14.8 Å². The number of benzene rings is 3. The van der Waals surface area contributed by atoms with Crippen molar-refractivity contribution < 1.29 is 14.3 Å². The monoisotopic (exact) mass is 457 g/mol. The van der Waals surface area contributed by atoms with Crippen molar-refractivity contribution in [1.29, 1.82) is 0 Å². The van der Waals surface area contributed by atoms with Gasteiger partial charge in [0.05, 0.1) is 6.42 Å². The molecule has 0 aliphatic carbocycles. The van der Waals surface area contributed by atoms with Crippen molar-refractivity contribution in [1.82, 2.24) is 9.80 Å². The minimum Gasteiger partial charge on any atom is -0.486 e. The van der Waals surface area contributed by atoms with Gasteiger partial charge in [-0.15, -0.1) is 0 Å². The van der Waals surface area contributed by atoms with Gasteiger partial charge >= 0.3 is 0 Å². The predicted octanol–water partition coefficient (Wildman–Crippen LogP) is 3.96. The first-order valence-electron chi connectivity index (χ1n) is 12.0. The fourth-order valence-electron chi connectivity index (χ4n) is 4.49. The van der Waals surface area contributed by atoms with E-state index in [1.807, 2.05) is 30.3 Å². The molecule has 0 bridgehead atoms. The number of carbonyl (C=O) groups is 1. The quantitative estimate of drug-likeness (QED) is 0.582. The van der Waals surface area contributed by atoms with E-state index in [0.717, 1.165) is 56.3 Å². The topological polar surface area (TPSA) is 54.0 Å². The molecule has 0 atom stereocenters. The summed E-state index contributed by atoms with van der Waals surface area (Å²) in [5, 5.41) is 3.00. The molecule has 2 aliphatic heterocycles. The van der Waals surface area contributed by atoms with E-state index in [1.165, 1.54) is 11.1 Å². The molecule has 1 N–H and O–H groups in total. The van der Waals surface area contributed by atoms with Gasteiger partial charge in [-0.3, -0.25) is 14.6 Å². The summed E-state index contributed by atoms with van der Waals surface area (Å²) >= 11 is 0. The number of hydrogen-bond donors (Lipinski definition) is 1. The lowest BCUT2D eigenvalue weighted by molar-refractivity contribution is -0.115. The van der Waals surface area contributed by atoms with Crippen LogP contribution in [0.5, 0.6) is 11.5 Å². The van der Waals surface area contributed by atoms with E-state index in [0.29, 0.717) is 25.4 Å². The van der Waals surface area contributed by atoms with Crippen LogP contribution in [0, 0.1) is 0 Å². The molecule has 3 aromatic carbocycles. The van der Waals surface area contributed by atoms with Crippen LogP contribution in [0.15, 0.2) is 72.8 Å². The fourth-order valence-corrected chi connectivity index (χ4v) is 4.49. The van der Waals surface area contributed by atoms with Crippen molar-refractivity contribution in [3.8, 4) is 11.5 Å². The maximum atomic E-state index is 12.5. The molecule has 1 saturated heterocycles. The number of ether oxygens (including phenoxy) is 2. The zero-order chi connectivity index (χ0) is 23.2. The van der Waals surface area contributed by atoms with Gasteiger partial charge in [0.2, 0.25) is 5.91 Å². The zero-order valence-electron chi connectivity index (χ0n) is 19.4. The first-order chi connectivity index (χ1) is 16.7. The van der Waals surface area contributed by atoms with Crippen molar-refractivity contribution in [2.75, 3.05) is 44.7 Å². The maximum absolute atomic E-state index is 12.5. The molecule has 5 rings (SSSR count). The Morgan fingerprint density at radius 1 is 0.706 bits per heavy atom. The summed E-state index contributed by atoms with van der Waals surface area (Å²) in [4.78, 5) is 17.5. The highest BCUT2D eigenvalue weighted by molar-refractivity contribution is 5.92. The Kier molecular flexibility index (Phi) is 7.08. The first-order valence-corrected chi connectivity index (χ1v) is 12.0. The number of nitrogens with one attached hydrogen (secondary N) is 1. The molecule has 34 heavy (non-hydrogen) atoms. The van der Waals surface area contributed by atoms with Gasteiger partial charge in [0, 0.05) is 45.0 Å². The lowest BCUT2D eigenvalue weighted by Crippen LogP contribution is -2.45. The van der Waals surface area contributed by atoms with Gasteiger partial charge in [0.15, 0.2) is 11.5 Å². The number of hydrogen-bond acceptors (Lipinski definition) is 5. The Morgan fingerprint density at radius 3 is 1.97 bits per heavy atom. The van der Waals surface area contributed by atoms with E-state index in [4.69, 9.17) is 9.47 Å². The van der Waals surface area contributed by atoms with Crippen LogP contribution in [0.2, 0.25) is 0 Å². The average molecular weight is 458 g/mol. The molecule has 0 aromatic heterocycles. The third-order valence-corrected chi connectivity index (χ3v) is 6.33. The predicted molar refractivity (Wildman–Crippen MR) is 133 cm³/mol. The number of rotatable bonds is 7. The number of fused-ring (bicyclic) bond motifs is 1. The highest BCUT2D eigenvalue weighted by Crippen LogP contribution is 2.31. The van der Waals surface area contributed by atoms with Crippen LogP contribution < -0.4 is 14.8 Å². The van der Waals surface area contributed by atoms with Crippen molar-refractivity contribution >= 4 is 11.6 Å². The number of carbonyl (C=O) groups excluding carboxylic acids is 1. The third kappa shape index (κ3) is 5.95. The van der Waals surface area contributed by atoms with Crippen LogP contribution >= 0.6 is 0 Å². The zero-order valence-corrected chi connectivity index (χ0v) is 19.4. The molecule has 0 spiro atoms. The van der Waals surface area contributed by atoms with Gasteiger partial charge in [0.1, 0.15) is 13.2 Å². The Morgan fingerprint density at radius 2 is 1.29 bits per heavy atom.